The van der Waals surface area contributed by atoms with Gasteiger partial charge in [0.25, 0.3) is 0 Å². The molecule has 0 amide bonds. The van der Waals surface area contributed by atoms with Crippen LogP contribution in [-0.4, -0.2) is 42.0 Å². The topological polar surface area (TPSA) is 74.7 Å². The molecular weight excluding hydrogens is 246 g/mol. The van der Waals surface area contributed by atoms with Gasteiger partial charge in [-0.3, -0.25) is 9.69 Å². The van der Waals surface area contributed by atoms with Gasteiger partial charge in [-0.1, -0.05) is 0 Å². The van der Waals surface area contributed by atoms with E-state index in [1.165, 1.54) is 18.2 Å². The molecule has 1 N–H and O–H groups in total. The van der Waals surface area contributed by atoms with Crippen molar-refractivity contribution in [1.29, 1.82) is 0 Å². The van der Waals surface area contributed by atoms with Gasteiger partial charge in [-0.15, -0.1) is 0 Å². The standard InChI is InChI=1S/C14H17NO4/c1-15(13(10-18)3-2-6-16)8-12-7-14(19)5-4-11(12)9-17/h4-7,9-10,13,19H,2-3,8H2,1H3. The molecule has 5 heteroatoms. The fraction of sp³-hybridized carbons (Fsp3) is 0.357. The summed E-state index contributed by atoms with van der Waals surface area (Å²) in [6.07, 6.45) is 3.03. The molecule has 1 aromatic rings. The maximum absolute atomic E-state index is 11.0. The number of hydrogen-bond donors (Lipinski definition) is 1. The Hall–Kier alpha value is -2.01. The Bertz CT molecular complexity index is 459. The molecule has 0 aliphatic carbocycles. The number of aromatic hydroxyl groups is 1. The summed E-state index contributed by atoms with van der Waals surface area (Å²) in [4.78, 5) is 34.0. The third kappa shape index (κ3) is 4.30. The van der Waals surface area contributed by atoms with Crippen molar-refractivity contribution >= 4 is 18.9 Å². The van der Waals surface area contributed by atoms with Gasteiger partial charge in [0.15, 0.2) is 0 Å². The Morgan fingerprint density at radius 3 is 2.63 bits per heavy atom. The normalized spacial score (nSPS) is 12.1. The van der Waals surface area contributed by atoms with Gasteiger partial charge < -0.3 is 14.7 Å². The van der Waals surface area contributed by atoms with E-state index in [1.807, 2.05) is 0 Å². The molecular formula is C14H17NO4. The van der Waals surface area contributed by atoms with Crippen LogP contribution < -0.4 is 0 Å². The van der Waals surface area contributed by atoms with E-state index < -0.39 is 0 Å². The molecule has 1 rings (SSSR count). The molecule has 0 saturated carbocycles. The second kappa shape index (κ2) is 7.43. The fourth-order valence-electron chi connectivity index (χ4n) is 1.86. The first-order valence-electron chi connectivity index (χ1n) is 5.98. The minimum atomic E-state index is -0.382. The first-order chi connectivity index (χ1) is 9.12. The molecule has 0 aliphatic rings. The van der Waals surface area contributed by atoms with Crippen LogP contribution in [0.25, 0.3) is 0 Å². The number of rotatable bonds is 8. The third-order valence-corrected chi connectivity index (χ3v) is 2.98. The molecule has 0 bridgehead atoms. The highest BCUT2D eigenvalue weighted by Gasteiger charge is 2.15. The lowest BCUT2D eigenvalue weighted by Crippen LogP contribution is -2.32. The third-order valence-electron chi connectivity index (χ3n) is 2.98. The first kappa shape index (κ1) is 15.0. The number of carbonyl (C=O) groups is 3. The lowest BCUT2D eigenvalue weighted by Gasteiger charge is -2.23. The highest BCUT2D eigenvalue weighted by molar-refractivity contribution is 5.77. The number of phenols is 1. The van der Waals surface area contributed by atoms with E-state index in [1.54, 1.807) is 11.9 Å². The van der Waals surface area contributed by atoms with Crippen LogP contribution in [0.15, 0.2) is 18.2 Å². The van der Waals surface area contributed by atoms with Gasteiger partial charge >= 0.3 is 0 Å². The second-order valence-electron chi connectivity index (χ2n) is 4.36. The predicted molar refractivity (Wildman–Crippen MR) is 70.1 cm³/mol. The van der Waals surface area contributed by atoms with Crippen molar-refractivity contribution in [2.75, 3.05) is 7.05 Å². The quantitative estimate of drug-likeness (QED) is 0.713. The monoisotopic (exact) mass is 263 g/mol. The molecule has 5 nitrogen and oxygen atoms in total. The molecule has 19 heavy (non-hydrogen) atoms. The Morgan fingerprint density at radius 1 is 1.32 bits per heavy atom. The smallest absolute Gasteiger partial charge is 0.150 e. The van der Waals surface area contributed by atoms with Crippen LogP contribution in [0.1, 0.15) is 28.8 Å². The number of benzene rings is 1. The van der Waals surface area contributed by atoms with Gasteiger partial charge in [-0.25, -0.2) is 0 Å². The van der Waals surface area contributed by atoms with E-state index in [9.17, 15) is 19.5 Å². The van der Waals surface area contributed by atoms with Crippen molar-refractivity contribution in [2.45, 2.75) is 25.4 Å². The van der Waals surface area contributed by atoms with E-state index in [-0.39, 0.29) is 11.8 Å². The van der Waals surface area contributed by atoms with Crippen LogP contribution in [0.2, 0.25) is 0 Å². The summed E-state index contributed by atoms with van der Waals surface area (Å²) in [5.41, 5.74) is 1.13. The maximum Gasteiger partial charge on any atom is 0.150 e. The highest BCUT2D eigenvalue weighted by atomic mass is 16.3. The van der Waals surface area contributed by atoms with Gasteiger partial charge in [-0.2, -0.15) is 0 Å². The van der Waals surface area contributed by atoms with Crippen LogP contribution in [0.4, 0.5) is 0 Å². The minimum absolute atomic E-state index is 0.0737. The van der Waals surface area contributed by atoms with Gasteiger partial charge in [0.05, 0.1) is 6.04 Å². The predicted octanol–water partition coefficient (Wildman–Crippen LogP) is 1.18. The summed E-state index contributed by atoms with van der Waals surface area (Å²) in [5, 5.41) is 9.43. The van der Waals surface area contributed by atoms with E-state index in [4.69, 9.17) is 0 Å². The van der Waals surface area contributed by atoms with Crippen molar-refractivity contribution in [3.63, 3.8) is 0 Å². The lowest BCUT2D eigenvalue weighted by molar-refractivity contribution is -0.113. The average molecular weight is 263 g/mol. The van der Waals surface area contributed by atoms with Crippen molar-refractivity contribution in [1.82, 2.24) is 4.90 Å². The van der Waals surface area contributed by atoms with Gasteiger partial charge in [-0.05, 0) is 37.2 Å². The number of carbonyl (C=O) groups excluding carboxylic acids is 3. The molecule has 0 spiro atoms. The van der Waals surface area contributed by atoms with Crippen LogP contribution in [-0.2, 0) is 16.1 Å². The molecule has 0 aromatic heterocycles. The van der Waals surface area contributed by atoms with Crippen molar-refractivity contribution in [3.05, 3.63) is 29.3 Å². The zero-order valence-corrected chi connectivity index (χ0v) is 10.8. The largest absolute Gasteiger partial charge is 0.508 e. The Balaban J connectivity index is 2.82. The summed E-state index contributed by atoms with van der Waals surface area (Å²) < 4.78 is 0. The van der Waals surface area contributed by atoms with Crippen LogP contribution in [0.3, 0.4) is 0 Å². The zero-order valence-electron chi connectivity index (χ0n) is 10.8. The molecule has 0 radical (unpaired) electrons. The van der Waals surface area contributed by atoms with E-state index in [2.05, 4.69) is 0 Å². The summed E-state index contributed by atoms with van der Waals surface area (Å²) in [7, 11) is 1.74. The first-order valence-corrected chi connectivity index (χ1v) is 5.98. The number of likely N-dealkylation sites (N-methyl/N-ethyl adjacent to an activating group) is 1. The van der Waals surface area contributed by atoms with Gasteiger partial charge in [0.1, 0.15) is 24.6 Å². The van der Waals surface area contributed by atoms with Gasteiger partial charge in [0, 0.05) is 18.5 Å². The van der Waals surface area contributed by atoms with Gasteiger partial charge in [0.2, 0.25) is 0 Å². The van der Waals surface area contributed by atoms with E-state index in [0.717, 1.165) is 12.6 Å². The van der Waals surface area contributed by atoms with Crippen molar-refractivity contribution in [2.24, 2.45) is 0 Å². The molecule has 1 unspecified atom stereocenters. The number of phenolic OH excluding ortho intramolecular Hbond substituents is 1. The summed E-state index contributed by atoms with van der Waals surface area (Å²) >= 11 is 0. The molecule has 0 saturated heterocycles. The second-order valence-corrected chi connectivity index (χ2v) is 4.36. The number of hydrogen-bond acceptors (Lipinski definition) is 5. The zero-order chi connectivity index (χ0) is 14.3. The fourth-order valence-corrected chi connectivity index (χ4v) is 1.86. The summed E-state index contributed by atoms with van der Waals surface area (Å²) in [5.74, 6) is 0.0737. The Morgan fingerprint density at radius 2 is 2.05 bits per heavy atom. The molecule has 0 fully saturated rings. The lowest BCUT2D eigenvalue weighted by atomic mass is 10.1. The Kier molecular flexibility index (Phi) is 5.89. The SMILES string of the molecule is CN(Cc1cc(O)ccc1C=O)C(C=O)CCC=O. The molecule has 1 aromatic carbocycles. The maximum atomic E-state index is 11.0. The number of aldehydes is 3. The highest BCUT2D eigenvalue weighted by Crippen LogP contribution is 2.18. The number of nitrogens with zero attached hydrogens (tertiary/aromatic N) is 1. The van der Waals surface area contributed by atoms with Crippen molar-refractivity contribution < 1.29 is 19.5 Å². The minimum Gasteiger partial charge on any atom is -0.508 e. The van der Waals surface area contributed by atoms with Crippen LogP contribution in [0, 0.1) is 0 Å². The van der Waals surface area contributed by atoms with Crippen LogP contribution >= 0.6 is 0 Å². The molecule has 102 valence electrons. The van der Waals surface area contributed by atoms with E-state index >= 15 is 0 Å². The molecule has 0 aliphatic heterocycles. The molecule has 0 heterocycles. The molecule has 1 atom stereocenters. The summed E-state index contributed by atoms with van der Waals surface area (Å²) in [6, 6.07) is 4.10. The Labute approximate surface area is 111 Å². The summed E-state index contributed by atoms with van der Waals surface area (Å²) in [6.45, 7) is 0.352. The van der Waals surface area contributed by atoms with E-state index in [0.29, 0.717) is 36.8 Å². The average Bonchev–Trinajstić information content (AvgIpc) is 2.40. The van der Waals surface area contributed by atoms with Crippen molar-refractivity contribution in [3.8, 4) is 5.75 Å². The van der Waals surface area contributed by atoms with Crippen LogP contribution in [0.5, 0.6) is 5.75 Å².